The van der Waals surface area contributed by atoms with Gasteiger partial charge >= 0.3 is 0 Å². The fraction of sp³-hybridized carbons (Fsp3) is 0.400. The minimum Gasteiger partial charge on any atom is -0.497 e. The molecule has 0 saturated carbocycles. The molecule has 0 N–H and O–H groups in total. The average molecular weight is 450 g/mol. The lowest BCUT2D eigenvalue weighted by Crippen LogP contribution is -2.56. The van der Waals surface area contributed by atoms with E-state index in [9.17, 15) is 4.79 Å². The van der Waals surface area contributed by atoms with Gasteiger partial charge in [0, 0.05) is 24.7 Å². The van der Waals surface area contributed by atoms with Gasteiger partial charge < -0.3 is 23.6 Å². The number of hydrogen-bond acceptors (Lipinski definition) is 7. The van der Waals surface area contributed by atoms with E-state index in [0.717, 1.165) is 48.7 Å². The second kappa shape index (κ2) is 9.62. The Morgan fingerprint density at radius 2 is 1.88 bits per heavy atom. The van der Waals surface area contributed by atoms with Gasteiger partial charge in [0.2, 0.25) is 17.6 Å². The molecule has 5 rings (SSSR count). The van der Waals surface area contributed by atoms with Crippen LogP contribution < -0.4 is 9.47 Å². The maximum atomic E-state index is 12.5. The van der Waals surface area contributed by atoms with Crippen LogP contribution in [0.1, 0.15) is 30.2 Å². The molecule has 1 aromatic heterocycles. The predicted octanol–water partition coefficient (Wildman–Crippen LogP) is 3.47. The highest BCUT2D eigenvalue weighted by molar-refractivity contribution is 5.79. The summed E-state index contributed by atoms with van der Waals surface area (Å²) in [5.74, 6) is 3.15. The largest absolute Gasteiger partial charge is 0.497 e. The van der Waals surface area contributed by atoms with Crippen molar-refractivity contribution < 1.29 is 23.5 Å². The molecule has 2 aliphatic heterocycles. The Morgan fingerprint density at radius 3 is 2.64 bits per heavy atom. The quantitative estimate of drug-likeness (QED) is 0.546. The van der Waals surface area contributed by atoms with E-state index in [0.29, 0.717) is 31.2 Å². The molecule has 2 fully saturated rings. The van der Waals surface area contributed by atoms with Crippen molar-refractivity contribution in [2.24, 2.45) is 0 Å². The van der Waals surface area contributed by atoms with Crippen LogP contribution in [0.15, 0.2) is 53.1 Å². The van der Waals surface area contributed by atoms with E-state index < -0.39 is 0 Å². The Kier molecular flexibility index (Phi) is 6.26. The zero-order chi connectivity index (χ0) is 22.6. The Labute approximate surface area is 192 Å². The summed E-state index contributed by atoms with van der Waals surface area (Å²) < 4.78 is 22.1. The predicted molar refractivity (Wildman–Crippen MR) is 120 cm³/mol. The van der Waals surface area contributed by atoms with Gasteiger partial charge in [-0.25, -0.2) is 0 Å². The fourth-order valence-corrected chi connectivity index (χ4v) is 4.12. The highest BCUT2D eigenvalue weighted by atomic mass is 16.5. The van der Waals surface area contributed by atoms with Crippen molar-refractivity contribution in [2.45, 2.75) is 31.3 Å². The SMILES string of the molecule is COc1cccc(CC(=O)N2CC(Oc3ccc(-c4noc(C5CCOCC5)n4)cc3)C2)c1. The number of nitrogens with zero attached hydrogens (tertiary/aromatic N) is 3. The molecule has 2 aromatic carbocycles. The number of ether oxygens (including phenoxy) is 3. The first-order valence-corrected chi connectivity index (χ1v) is 11.3. The molecular formula is C25H27N3O5. The first-order chi connectivity index (χ1) is 16.2. The van der Waals surface area contributed by atoms with Gasteiger partial charge in [0.05, 0.1) is 26.6 Å². The zero-order valence-corrected chi connectivity index (χ0v) is 18.6. The molecule has 2 saturated heterocycles. The van der Waals surface area contributed by atoms with Crippen LogP contribution in [0.5, 0.6) is 11.5 Å². The molecule has 3 heterocycles. The fourth-order valence-electron chi connectivity index (χ4n) is 4.12. The van der Waals surface area contributed by atoms with Gasteiger partial charge in [0.25, 0.3) is 0 Å². The lowest BCUT2D eigenvalue weighted by Gasteiger charge is -2.39. The van der Waals surface area contributed by atoms with Gasteiger partial charge in [0.15, 0.2) is 0 Å². The Morgan fingerprint density at radius 1 is 1.09 bits per heavy atom. The lowest BCUT2D eigenvalue weighted by atomic mass is 10.0. The number of carbonyl (C=O) groups excluding carboxylic acids is 1. The summed E-state index contributed by atoms with van der Waals surface area (Å²) in [5, 5.41) is 4.13. The van der Waals surface area contributed by atoms with Crippen molar-refractivity contribution in [2.75, 3.05) is 33.4 Å². The highest BCUT2D eigenvalue weighted by Crippen LogP contribution is 2.28. The van der Waals surface area contributed by atoms with Crippen LogP contribution in [0.25, 0.3) is 11.4 Å². The third-order valence-electron chi connectivity index (χ3n) is 6.12. The highest BCUT2D eigenvalue weighted by Gasteiger charge is 2.32. The number of rotatable bonds is 7. The van der Waals surface area contributed by atoms with Gasteiger partial charge in [-0.15, -0.1) is 0 Å². The average Bonchev–Trinajstić information content (AvgIpc) is 3.32. The maximum Gasteiger partial charge on any atom is 0.230 e. The van der Waals surface area contributed by atoms with Crippen LogP contribution in [0.3, 0.4) is 0 Å². The van der Waals surface area contributed by atoms with Crippen molar-refractivity contribution in [3.63, 3.8) is 0 Å². The first kappa shape index (κ1) is 21.5. The smallest absolute Gasteiger partial charge is 0.230 e. The molecule has 0 aliphatic carbocycles. The maximum absolute atomic E-state index is 12.5. The van der Waals surface area contributed by atoms with E-state index in [1.54, 1.807) is 7.11 Å². The number of amides is 1. The Bertz CT molecular complexity index is 1090. The van der Waals surface area contributed by atoms with E-state index in [4.69, 9.17) is 18.7 Å². The first-order valence-electron chi connectivity index (χ1n) is 11.3. The lowest BCUT2D eigenvalue weighted by molar-refractivity contribution is -0.139. The zero-order valence-electron chi connectivity index (χ0n) is 18.6. The summed E-state index contributed by atoms with van der Waals surface area (Å²) in [7, 11) is 1.62. The minimum absolute atomic E-state index is 0.00425. The number of carbonyl (C=O) groups is 1. The van der Waals surface area contributed by atoms with E-state index in [1.165, 1.54) is 0 Å². The van der Waals surface area contributed by atoms with E-state index in [2.05, 4.69) is 10.1 Å². The van der Waals surface area contributed by atoms with Crippen molar-refractivity contribution >= 4 is 5.91 Å². The second-order valence-corrected chi connectivity index (χ2v) is 8.43. The van der Waals surface area contributed by atoms with Crippen LogP contribution in [0.4, 0.5) is 0 Å². The van der Waals surface area contributed by atoms with Crippen molar-refractivity contribution in [3.8, 4) is 22.9 Å². The molecule has 1 amide bonds. The second-order valence-electron chi connectivity index (χ2n) is 8.43. The van der Waals surface area contributed by atoms with Crippen molar-refractivity contribution in [1.29, 1.82) is 0 Å². The summed E-state index contributed by atoms with van der Waals surface area (Å²) in [6.07, 6.45) is 2.18. The Balaban J connectivity index is 1.11. The van der Waals surface area contributed by atoms with Gasteiger partial charge in [0.1, 0.15) is 17.6 Å². The summed E-state index contributed by atoms with van der Waals surface area (Å²) in [4.78, 5) is 18.9. The van der Waals surface area contributed by atoms with Gasteiger partial charge in [-0.1, -0.05) is 17.3 Å². The van der Waals surface area contributed by atoms with Gasteiger partial charge in [-0.2, -0.15) is 4.98 Å². The monoisotopic (exact) mass is 449 g/mol. The van der Waals surface area contributed by atoms with Crippen LogP contribution in [0, 0.1) is 0 Å². The summed E-state index contributed by atoms with van der Waals surface area (Å²) >= 11 is 0. The van der Waals surface area contributed by atoms with Crippen molar-refractivity contribution in [3.05, 3.63) is 60.0 Å². The number of hydrogen-bond donors (Lipinski definition) is 0. The standard InChI is InChI=1S/C25H27N3O5/c1-30-21-4-2-3-17(13-21)14-23(29)28-15-22(16-28)32-20-7-5-18(6-8-20)24-26-25(33-27-24)19-9-11-31-12-10-19/h2-8,13,19,22H,9-12,14-16H2,1H3. The molecule has 2 aliphatic rings. The molecular weight excluding hydrogens is 422 g/mol. The van der Waals surface area contributed by atoms with Crippen molar-refractivity contribution in [1.82, 2.24) is 15.0 Å². The Hall–Kier alpha value is -3.39. The molecule has 172 valence electrons. The molecule has 33 heavy (non-hydrogen) atoms. The van der Waals surface area contributed by atoms with Crippen LogP contribution in [0.2, 0.25) is 0 Å². The molecule has 0 spiro atoms. The number of benzene rings is 2. The molecule has 8 nitrogen and oxygen atoms in total. The summed E-state index contributed by atoms with van der Waals surface area (Å²) in [6, 6.07) is 15.3. The summed E-state index contributed by atoms with van der Waals surface area (Å²) in [5.41, 5.74) is 1.83. The third kappa shape index (κ3) is 5.01. The number of methoxy groups -OCH3 is 1. The van der Waals surface area contributed by atoms with Crippen LogP contribution in [-0.2, 0) is 16.0 Å². The molecule has 0 radical (unpaired) electrons. The van der Waals surface area contributed by atoms with Gasteiger partial charge in [-0.05, 0) is 54.8 Å². The van der Waals surface area contributed by atoms with Gasteiger partial charge in [-0.3, -0.25) is 4.79 Å². The molecule has 8 heteroatoms. The summed E-state index contributed by atoms with van der Waals surface area (Å²) in [6.45, 7) is 2.65. The topological polar surface area (TPSA) is 86.9 Å². The van der Waals surface area contributed by atoms with E-state index in [1.807, 2.05) is 53.4 Å². The molecule has 0 bridgehead atoms. The number of aromatic nitrogens is 2. The van der Waals surface area contributed by atoms with E-state index >= 15 is 0 Å². The normalized spacial score (nSPS) is 16.9. The molecule has 0 atom stereocenters. The third-order valence-corrected chi connectivity index (χ3v) is 6.12. The number of likely N-dealkylation sites (tertiary alicyclic amines) is 1. The molecule has 0 unspecified atom stereocenters. The minimum atomic E-state index is -0.00425. The van der Waals surface area contributed by atoms with E-state index in [-0.39, 0.29) is 17.9 Å². The van der Waals surface area contributed by atoms with Crippen LogP contribution >= 0.6 is 0 Å². The van der Waals surface area contributed by atoms with Crippen LogP contribution in [-0.4, -0.2) is 60.5 Å². The molecule has 3 aromatic rings.